The lowest BCUT2D eigenvalue weighted by molar-refractivity contribution is 0.0603. The fourth-order valence-corrected chi connectivity index (χ4v) is 4.53. The second-order valence-corrected chi connectivity index (χ2v) is 8.04. The molecule has 0 unspecified atom stereocenters. The number of hydrogen-bond donors (Lipinski definition) is 0. The number of likely N-dealkylation sites (N-methyl/N-ethyl adjacent to an activating group) is 1. The third-order valence-corrected chi connectivity index (χ3v) is 6.07. The van der Waals surface area contributed by atoms with Gasteiger partial charge in [-0.25, -0.2) is 4.68 Å². The topological polar surface area (TPSA) is 59.8 Å². The van der Waals surface area contributed by atoms with E-state index in [2.05, 4.69) is 10.00 Å². The van der Waals surface area contributed by atoms with Crippen molar-refractivity contribution in [2.24, 2.45) is 0 Å². The number of aromatic nitrogens is 2. The summed E-state index contributed by atoms with van der Waals surface area (Å²) in [5.41, 5.74) is 3.54. The maximum Gasteiger partial charge on any atom is 0.275 e. The molecule has 7 heteroatoms. The van der Waals surface area contributed by atoms with Gasteiger partial charge in [-0.1, -0.05) is 42.5 Å². The average Bonchev–Trinajstić information content (AvgIpc) is 3.06. The van der Waals surface area contributed by atoms with Crippen LogP contribution in [-0.2, 0) is 13.0 Å². The molecule has 3 aromatic rings. The Hall–Kier alpha value is -3.48. The van der Waals surface area contributed by atoms with Gasteiger partial charge in [0, 0.05) is 25.7 Å². The third-order valence-electron chi connectivity index (χ3n) is 6.07. The summed E-state index contributed by atoms with van der Waals surface area (Å²) >= 11 is 0. The van der Waals surface area contributed by atoms with Crippen LogP contribution in [0.5, 0.6) is 11.6 Å². The average molecular weight is 418 g/mol. The molecular formula is C24H26N4O3. The molecule has 0 fully saturated rings. The molecule has 0 bridgehead atoms. The molecule has 0 saturated carbocycles. The van der Waals surface area contributed by atoms with Gasteiger partial charge < -0.3 is 19.3 Å². The third kappa shape index (κ3) is 3.50. The Morgan fingerprint density at radius 3 is 2.71 bits per heavy atom. The highest BCUT2D eigenvalue weighted by molar-refractivity contribution is 5.95. The predicted molar refractivity (Wildman–Crippen MR) is 118 cm³/mol. The van der Waals surface area contributed by atoms with E-state index in [-0.39, 0.29) is 11.9 Å². The number of amides is 1. The number of benzene rings is 2. The van der Waals surface area contributed by atoms with Crippen LogP contribution < -0.4 is 14.4 Å². The maximum absolute atomic E-state index is 13.5. The highest BCUT2D eigenvalue weighted by atomic mass is 16.5. The lowest BCUT2D eigenvalue weighted by Crippen LogP contribution is -2.51. The van der Waals surface area contributed by atoms with Gasteiger partial charge in [-0.05, 0) is 24.1 Å². The highest BCUT2D eigenvalue weighted by Crippen LogP contribution is 2.33. The number of anilines is 1. The van der Waals surface area contributed by atoms with Crippen molar-refractivity contribution in [3.63, 3.8) is 0 Å². The molecule has 3 heterocycles. The summed E-state index contributed by atoms with van der Waals surface area (Å²) in [6.45, 7) is 2.36. The van der Waals surface area contributed by atoms with Crippen LogP contribution in [0.15, 0.2) is 54.6 Å². The quantitative estimate of drug-likeness (QED) is 0.652. The second kappa shape index (κ2) is 7.98. The van der Waals surface area contributed by atoms with Gasteiger partial charge >= 0.3 is 0 Å². The minimum atomic E-state index is -0.0562. The van der Waals surface area contributed by atoms with E-state index in [1.165, 1.54) is 0 Å². The first kappa shape index (κ1) is 19.5. The largest absolute Gasteiger partial charge is 0.489 e. The van der Waals surface area contributed by atoms with Gasteiger partial charge in [0.25, 0.3) is 5.91 Å². The molecule has 0 radical (unpaired) electrons. The molecule has 2 aromatic carbocycles. The van der Waals surface area contributed by atoms with Gasteiger partial charge in [0.2, 0.25) is 5.88 Å². The highest BCUT2D eigenvalue weighted by Gasteiger charge is 2.37. The SMILES string of the molecule is COc1c2c(nn1Cc1ccccc1)C(=O)N([C@@H]1COc3ccccc3N(C)C1)CC2. The maximum atomic E-state index is 13.5. The first-order chi connectivity index (χ1) is 15.2. The normalized spacial score (nSPS) is 18.1. The van der Waals surface area contributed by atoms with Crippen LogP contribution in [0.4, 0.5) is 5.69 Å². The van der Waals surface area contributed by atoms with Crippen LogP contribution in [0.1, 0.15) is 21.6 Å². The van der Waals surface area contributed by atoms with Crippen molar-refractivity contribution in [2.75, 3.05) is 38.8 Å². The Morgan fingerprint density at radius 2 is 1.90 bits per heavy atom. The van der Waals surface area contributed by atoms with E-state index in [1.807, 2.05) is 66.5 Å². The van der Waals surface area contributed by atoms with Crippen LogP contribution in [0, 0.1) is 0 Å². The summed E-state index contributed by atoms with van der Waals surface area (Å²) in [4.78, 5) is 17.5. The van der Waals surface area contributed by atoms with Crippen molar-refractivity contribution in [1.29, 1.82) is 0 Å². The van der Waals surface area contributed by atoms with Crippen molar-refractivity contribution in [1.82, 2.24) is 14.7 Å². The second-order valence-electron chi connectivity index (χ2n) is 8.04. The number of rotatable bonds is 4. The van der Waals surface area contributed by atoms with Crippen molar-refractivity contribution >= 4 is 11.6 Å². The number of carbonyl (C=O) groups is 1. The lowest BCUT2D eigenvalue weighted by Gasteiger charge is -2.34. The van der Waals surface area contributed by atoms with Gasteiger partial charge in [-0.3, -0.25) is 4.79 Å². The molecule has 1 amide bonds. The zero-order chi connectivity index (χ0) is 21.4. The van der Waals surface area contributed by atoms with Gasteiger partial charge in [0.05, 0.1) is 25.4 Å². The molecule has 0 saturated heterocycles. The summed E-state index contributed by atoms with van der Waals surface area (Å²) in [6, 6.07) is 18.0. The van der Waals surface area contributed by atoms with Crippen LogP contribution in [0.25, 0.3) is 0 Å². The van der Waals surface area contributed by atoms with Gasteiger partial charge in [0.15, 0.2) is 5.69 Å². The molecule has 2 aliphatic heterocycles. The number of carbonyl (C=O) groups excluding carboxylic acids is 1. The van der Waals surface area contributed by atoms with E-state index < -0.39 is 0 Å². The van der Waals surface area contributed by atoms with Gasteiger partial charge in [-0.2, -0.15) is 5.10 Å². The van der Waals surface area contributed by atoms with Crippen molar-refractivity contribution in [2.45, 2.75) is 19.0 Å². The minimum Gasteiger partial charge on any atom is -0.489 e. The van der Waals surface area contributed by atoms with E-state index in [4.69, 9.17) is 9.47 Å². The Balaban J connectivity index is 1.40. The zero-order valence-electron chi connectivity index (χ0n) is 17.8. The number of para-hydroxylation sites is 2. The van der Waals surface area contributed by atoms with E-state index in [0.29, 0.717) is 44.2 Å². The van der Waals surface area contributed by atoms with Crippen molar-refractivity contribution in [3.8, 4) is 11.6 Å². The van der Waals surface area contributed by atoms with Crippen molar-refractivity contribution in [3.05, 3.63) is 71.4 Å². The van der Waals surface area contributed by atoms with Gasteiger partial charge in [0.1, 0.15) is 12.4 Å². The monoisotopic (exact) mass is 418 g/mol. The zero-order valence-corrected chi connectivity index (χ0v) is 17.8. The fourth-order valence-electron chi connectivity index (χ4n) is 4.53. The molecule has 0 N–H and O–H groups in total. The molecule has 0 spiro atoms. The number of ether oxygens (including phenoxy) is 2. The molecule has 7 nitrogen and oxygen atoms in total. The first-order valence-corrected chi connectivity index (χ1v) is 10.6. The van der Waals surface area contributed by atoms with Gasteiger partial charge in [-0.15, -0.1) is 0 Å². The molecular weight excluding hydrogens is 392 g/mol. The summed E-state index contributed by atoms with van der Waals surface area (Å²) in [5.74, 6) is 1.47. The molecule has 0 aliphatic carbocycles. The van der Waals surface area contributed by atoms with Crippen molar-refractivity contribution < 1.29 is 14.3 Å². The van der Waals surface area contributed by atoms with E-state index in [0.717, 1.165) is 22.6 Å². The van der Waals surface area contributed by atoms with E-state index >= 15 is 0 Å². The molecule has 1 atom stereocenters. The summed E-state index contributed by atoms with van der Waals surface area (Å²) in [6.07, 6.45) is 0.714. The Bertz CT molecular complexity index is 1100. The Labute approximate surface area is 181 Å². The number of hydrogen-bond acceptors (Lipinski definition) is 5. The van der Waals surface area contributed by atoms with Crippen LogP contribution in [0.3, 0.4) is 0 Å². The molecule has 160 valence electrons. The first-order valence-electron chi connectivity index (χ1n) is 10.6. The van der Waals surface area contributed by atoms with Crippen LogP contribution in [0.2, 0.25) is 0 Å². The number of fused-ring (bicyclic) bond motifs is 2. The predicted octanol–water partition coefficient (Wildman–Crippen LogP) is 2.84. The molecule has 1 aromatic heterocycles. The Morgan fingerprint density at radius 1 is 1.13 bits per heavy atom. The standard InChI is InChI=1S/C24H26N4O3/c1-26-15-18(16-31-21-11-7-6-10-20(21)26)27-13-12-19-22(23(27)29)25-28(24(19)30-2)14-17-8-4-3-5-9-17/h3-11,18H,12-16H2,1-2H3/t18-/m0/s1. The van der Waals surface area contributed by atoms with Crippen LogP contribution in [-0.4, -0.2) is 60.5 Å². The minimum absolute atomic E-state index is 0.0525. The van der Waals surface area contributed by atoms with Crippen LogP contribution >= 0.6 is 0 Å². The fraction of sp³-hybridized carbons (Fsp3) is 0.333. The smallest absolute Gasteiger partial charge is 0.275 e. The number of methoxy groups -OCH3 is 1. The molecule has 5 rings (SSSR count). The molecule has 31 heavy (non-hydrogen) atoms. The van der Waals surface area contributed by atoms with E-state index in [9.17, 15) is 4.79 Å². The summed E-state index contributed by atoms with van der Waals surface area (Å²) < 4.78 is 13.5. The number of nitrogens with zero attached hydrogens (tertiary/aromatic N) is 4. The lowest BCUT2D eigenvalue weighted by atomic mass is 10.0. The summed E-state index contributed by atoms with van der Waals surface area (Å²) in [7, 11) is 3.68. The van der Waals surface area contributed by atoms with E-state index in [1.54, 1.807) is 11.8 Å². The summed E-state index contributed by atoms with van der Waals surface area (Å²) in [5, 5.41) is 4.67. The molecule has 2 aliphatic rings. The Kier molecular flexibility index (Phi) is 5.02.